The predicted octanol–water partition coefficient (Wildman–Crippen LogP) is 4.07. The highest BCUT2D eigenvalue weighted by molar-refractivity contribution is 5.94. The number of nitrogens with one attached hydrogen (secondary N) is 2. The molecular weight excluding hydrogens is 448 g/mol. The lowest BCUT2D eigenvalue weighted by atomic mass is 9.87. The number of carboxylic acids is 1. The van der Waals surface area contributed by atoms with Crippen molar-refractivity contribution in [2.45, 2.75) is 37.5 Å². The molecule has 0 heterocycles. The van der Waals surface area contributed by atoms with Crippen molar-refractivity contribution in [3.8, 4) is 17.2 Å². The van der Waals surface area contributed by atoms with Crippen LogP contribution in [-0.2, 0) is 4.79 Å². The molecule has 0 aliphatic heterocycles. The van der Waals surface area contributed by atoms with Gasteiger partial charge in [-0.15, -0.1) is 0 Å². The van der Waals surface area contributed by atoms with Crippen LogP contribution < -0.4 is 20.1 Å². The average molecular weight is 477 g/mol. The van der Waals surface area contributed by atoms with Crippen molar-refractivity contribution in [3.05, 3.63) is 84.4 Å². The molecule has 0 spiro atoms. The Morgan fingerprint density at radius 3 is 2.29 bits per heavy atom. The third-order valence-electron chi connectivity index (χ3n) is 5.85. The van der Waals surface area contributed by atoms with Gasteiger partial charge in [-0.2, -0.15) is 0 Å². The fraction of sp³-hybridized carbons (Fsp3) is 0.259. The molecule has 1 saturated carbocycles. The summed E-state index contributed by atoms with van der Waals surface area (Å²) < 4.78 is 11.1. The number of ether oxygens (including phenoxy) is 2. The van der Waals surface area contributed by atoms with Crippen LogP contribution in [0.25, 0.3) is 0 Å². The van der Waals surface area contributed by atoms with Gasteiger partial charge < -0.3 is 30.3 Å². The van der Waals surface area contributed by atoms with Gasteiger partial charge in [-0.3, -0.25) is 4.79 Å². The van der Waals surface area contributed by atoms with Gasteiger partial charge >= 0.3 is 5.97 Å². The highest BCUT2D eigenvalue weighted by Crippen LogP contribution is 2.32. The zero-order valence-corrected chi connectivity index (χ0v) is 19.1. The number of carbonyl (C=O) groups excluding carboxylic acids is 1. The summed E-state index contributed by atoms with van der Waals surface area (Å²) in [5.74, 6) is 0.350. The minimum atomic E-state index is -1.07. The van der Waals surface area contributed by atoms with E-state index in [-0.39, 0.29) is 11.9 Å². The lowest BCUT2D eigenvalue weighted by Crippen LogP contribution is -2.53. The van der Waals surface area contributed by atoms with Gasteiger partial charge in [-0.1, -0.05) is 30.3 Å². The number of rotatable bonds is 9. The number of hydrogen-bond donors (Lipinski definition) is 4. The molecule has 4 N–H and O–H groups in total. The average Bonchev–Trinajstić information content (AvgIpc) is 2.87. The molecule has 0 bridgehead atoms. The highest BCUT2D eigenvalue weighted by atomic mass is 16.5. The van der Waals surface area contributed by atoms with Crippen molar-refractivity contribution < 1.29 is 29.3 Å². The number of aliphatic hydroxyl groups excluding tert-OH is 1. The molecule has 182 valence electrons. The number of para-hydroxylation sites is 3. The van der Waals surface area contributed by atoms with Gasteiger partial charge in [0, 0.05) is 5.56 Å². The van der Waals surface area contributed by atoms with E-state index in [1.54, 1.807) is 24.3 Å². The van der Waals surface area contributed by atoms with Gasteiger partial charge in [0.15, 0.2) is 12.4 Å². The second kappa shape index (κ2) is 11.4. The second-order valence-electron chi connectivity index (χ2n) is 8.37. The monoisotopic (exact) mass is 476 g/mol. The van der Waals surface area contributed by atoms with Gasteiger partial charge in [0.1, 0.15) is 11.5 Å². The molecule has 3 aromatic carbocycles. The zero-order valence-electron chi connectivity index (χ0n) is 19.1. The van der Waals surface area contributed by atoms with Crippen LogP contribution in [0.4, 0.5) is 5.69 Å². The van der Waals surface area contributed by atoms with E-state index in [4.69, 9.17) is 14.6 Å². The first-order valence-corrected chi connectivity index (χ1v) is 11.5. The van der Waals surface area contributed by atoms with E-state index in [0.717, 1.165) is 24.3 Å². The summed E-state index contributed by atoms with van der Waals surface area (Å²) >= 11 is 0. The van der Waals surface area contributed by atoms with Crippen LogP contribution >= 0.6 is 0 Å². The number of benzene rings is 3. The maximum atomic E-state index is 12.8. The normalized spacial score (nSPS) is 19.4. The van der Waals surface area contributed by atoms with Crippen LogP contribution in [-0.4, -0.2) is 46.9 Å². The number of hydrogen-bond acceptors (Lipinski definition) is 6. The molecule has 1 aliphatic carbocycles. The van der Waals surface area contributed by atoms with E-state index in [0.29, 0.717) is 23.5 Å². The molecule has 35 heavy (non-hydrogen) atoms. The van der Waals surface area contributed by atoms with E-state index in [9.17, 15) is 14.7 Å². The molecule has 0 unspecified atom stereocenters. The lowest BCUT2D eigenvalue weighted by molar-refractivity contribution is -0.139. The van der Waals surface area contributed by atoms with Crippen LogP contribution in [0.1, 0.15) is 29.6 Å². The standard InChI is InChI=1S/C27H28N2O6/c30-25(31)17-34-19-15-13-18(14-16-19)27(33)29-23-11-6-10-22(26(23)32)28-21-9-4-5-12-24(21)35-20-7-2-1-3-8-20/h1-5,7-9,12-16,22-23,26,28,32H,6,10-11,17H2,(H,29,33)(H,30,31)/t22-,23-,26+/m1/s1. The lowest BCUT2D eigenvalue weighted by Gasteiger charge is -2.36. The Kier molecular flexibility index (Phi) is 7.84. The fourth-order valence-corrected chi connectivity index (χ4v) is 4.08. The van der Waals surface area contributed by atoms with Gasteiger partial charge in [0.05, 0.1) is 23.9 Å². The predicted molar refractivity (Wildman–Crippen MR) is 131 cm³/mol. The van der Waals surface area contributed by atoms with Gasteiger partial charge in [0.25, 0.3) is 5.91 Å². The maximum absolute atomic E-state index is 12.8. The highest BCUT2D eigenvalue weighted by Gasteiger charge is 2.33. The van der Waals surface area contributed by atoms with Crippen LogP contribution in [0.3, 0.4) is 0 Å². The summed E-state index contributed by atoms with van der Waals surface area (Å²) in [5, 5.41) is 26.1. The molecule has 8 heteroatoms. The molecule has 3 atom stereocenters. The van der Waals surface area contributed by atoms with Crippen molar-refractivity contribution in [3.63, 3.8) is 0 Å². The van der Waals surface area contributed by atoms with Gasteiger partial charge in [-0.05, 0) is 67.8 Å². The molecule has 3 aromatic rings. The third kappa shape index (κ3) is 6.51. The van der Waals surface area contributed by atoms with Gasteiger partial charge in [-0.25, -0.2) is 4.79 Å². The Balaban J connectivity index is 1.38. The summed E-state index contributed by atoms with van der Waals surface area (Å²) in [7, 11) is 0. The van der Waals surface area contributed by atoms with Crippen LogP contribution in [0.15, 0.2) is 78.9 Å². The third-order valence-corrected chi connectivity index (χ3v) is 5.85. The van der Waals surface area contributed by atoms with E-state index >= 15 is 0 Å². The van der Waals surface area contributed by atoms with Crippen molar-refractivity contribution >= 4 is 17.6 Å². The summed E-state index contributed by atoms with van der Waals surface area (Å²) in [5.41, 5.74) is 1.17. The fourth-order valence-electron chi connectivity index (χ4n) is 4.08. The second-order valence-corrected chi connectivity index (χ2v) is 8.37. The molecule has 0 aromatic heterocycles. The van der Waals surface area contributed by atoms with Crippen LogP contribution in [0.2, 0.25) is 0 Å². The summed E-state index contributed by atoms with van der Waals surface area (Å²) in [6.45, 7) is -0.451. The largest absolute Gasteiger partial charge is 0.482 e. The molecular formula is C27H28N2O6. The molecule has 1 aliphatic rings. The Hall–Kier alpha value is -4.04. The van der Waals surface area contributed by atoms with E-state index in [2.05, 4.69) is 10.6 Å². The van der Waals surface area contributed by atoms with Crippen molar-refractivity contribution in [2.75, 3.05) is 11.9 Å². The minimum Gasteiger partial charge on any atom is -0.482 e. The number of carboxylic acid groups (broad SMARTS) is 1. The summed E-state index contributed by atoms with van der Waals surface area (Å²) in [6, 6.07) is 22.6. The molecule has 8 nitrogen and oxygen atoms in total. The molecule has 0 saturated heterocycles. The minimum absolute atomic E-state index is 0.263. The Morgan fingerprint density at radius 2 is 1.54 bits per heavy atom. The number of amides is 1. The zero-order chi connectivity index (χ0) is 24.6. The van der Waals surface area contributed by atoms with Crippen LogP contribution in [0, 0.1) is 0 Å². The topological polar surface area (TPSA) is 117 Å². The smallest absolute Gasteiger partial charge is 0.341 e. The molecule has 4 rings (SSSR count). The maximum Gasteiger partial charge on any atom is 0.341 e. The molecule has 1 fully saturated rings. The van der Waals surface area contributed by atoms with Crippen molar-refractivity contribution in [1.29, 1.82) is 0 Å². The van der Waals surface area contributed by atoms with Crippen molar-refractivity contribution in [1.82, 2.24) is 5.32 Å². The molecule has 0 radical (unpaired) electrons. The SMILES string of the molecule is O=C(O)COc1ccc(C(=O)N[C@@H]2CCC[C@@H](Nc3ccccc3Oc3ccccc3)[C@@H]2O)cc1. The van der Waals surface area contributed by atoms with Crippen LogP contribution in [0.5, 0.6) is 17.2 Å². The number of anilines is 1. The number of carbonyl (C=O) groups is 2. The first-order chi connectivity index (χ1) is 17.0. The first-order valence-electron chi connectivity index (χ1n) is 11.5. The summed E-state index contributed by atoms with van der Waals surface area (Å²) in [6.07, 6.45) is 1.45. The number of aliphatic hydroxyl groups is 1. The van der Waals surface area contributed by atoms with E-state index in [1.807, 2.05) is 54.6 Å². The first kappa shape index (κ1) is 24.1. The van der Waals surface area contributed by atoms with Crippen molar-refractivity contribution in [2.24, 2.45) is 0 Å². The Bertz CT molecular complexity index is 1140. The van der Waals surface area contributed by atoms with E-state index in [1.165, 1.54) is 0 Å². The molecule has 1 amide bonds. The van der Waals surface area contributed by atoms with E-state index < -0.39 is 24.7 Å². The summed E-state index contributed by atoms with van der Waals surface area (Å²) in [4.78, 5) is 23.4. The quantitative estimate of drug-likeness (QED) is 0.368. The Labute approximate surface area is 203 Å². The Morgan fingerprint density at radius 1 is 0.857 bits per heavy atom. The number of aliphatic carboxylic acids is 1. The van der Waals surface area contributed by atoms with Gasteiger partial charge in [0.2, 0.25) is 0 Å².